The van der Waals surface area contributed by atoms with Crippen molar-refractivity contribution in [1.29, 1.82) is 0 Å². The van der Waals surface area contributed by atoms with Gasteiger partial charge in [-0.1, -0.05) is 0 Å². The second-order valence-electron chi connectivity index (χ2n) is 7.76. The first-order valence-corrected chi connectivity index (χ1v) is 10.7. The lowest BCUT2D eigenvalue weighted by molar-refractivity contribution is -0.127. The Kier molecular flexibility index (Phi) is 6.74. The average molecular weight is 443 g/mol. The third-order valence-corrected chi connectivity index (χ3v) is 6.09. The van der Waals surface area contributed by atoms with Crippen LogP contribution in [-0.2, 0) is 9.59 Å². The van der Waals surface area contributed by atoms with Crippen LogP contribution in [0.25, 0.3) is 0 Å². The van der Waals surface area contributed by atoms with E-state index in [1.807, 2.05) is 13.0 Å². The summed E-state index contributed by atoms with van der Waals surface area (Å²) in [5, 5.41) is 5.54. The molecule has 1 unspecified atom stereocenters. The van der Waals surface area contributed by atoms with E-state index in [0.717, 1.165) is 4.88 Å². The molecule has 0 aliphatic carbocycles. The number of carbonyl (C=O) groups is 4. The van der Waals surface area contributed by atoms with E-state index in [2.05, 4.69) is 10.6 Å². The van der Waals surface area contributed by atoms with Gasteiger partial charge in [0.25, 0.3) is 11.8 Å². The van der Waals surface area contributed by atoms with Crippen molar-refractivity contribution in [2.75, 3.05) is 32.1 Å². The maximum absolute atomic E-state index is 12.5. The number of hydrogen-bond acceptors (Lipinski definition) is 5. The quantitative estimate of drug-likeness (QED) is 0.712. The molecule has 164 valence electrons. The van der Waals surface area contributed by atoms with E-state index >= 15 is 0 Å². The van der Waals surface area contributed by atoms with Crippen molar-refractivity contribution in [2.45, 2.75) is 26.3 Å². The molecular formula is C22H26N4O4S. The summed E-state index contributed by atoms with van der Waals surface area (Å²) < 4.78 is 0. The lowest BCUT2D eigenvalue weighted by Gasteiger charge is -2.19. The molecule has 1 atom stereocenters. The summed E-state index contributed by atoms with van der Waals surface area (Å²) in [7, 11) is 3.25. The van der Waals surface area contributed by atoms with E-state index in [9.17, 15) is 19.2 Å². The summed E-state index contributed by atoms with van der Waals surface area (Å²) in [6.07, 6.45) is 0.226. The molecule has 2 aromatic rings. The highest BCUT2D eigenvalue weighted by Crippen LogP contribution is 2.25. The van der Waals surface area contributed by atoms with Gasteiger partial charge in [-0.25, -0.2) is 0 Å². The second kappa shape index (κ2) is 9.30. The fourth-order valence-corrected chi connectivity index (χ4v) is 4.12. The van der Waals surface area contributed by atoms with Gasteiger partial charge < -0.3 is 20.4 Å². The molecule has 8 nitrogen and oxygen atoms in total. The van der Waals surface area contributed by atoms with E-state index in [1.165, 1.54) is 16.2 Å². The predicted molar refractivity (Wildman–Crippen MR) is 119 cm³/mol. The van der Waals surface area contributed by atoms with E-state index in [-0.39, 0.29) is 42.6 Å². The minimum absolute atomic E-state index is 0.0806. The van der Waals surface area contributed by atoms with Crippen LogP contribution in [0.2, 0.25) is 0 Å². The van der Waals surface area contributed by atoms with Crippen molar-refractivity contribution in [3.8, 4) is 0 Å². The summed E-state index contributed by atoms with van der Waals surface area (Å²) in [6, 6.07) is 8.52. The Hall–Kier alpha value is -3.20. The highest BCUT2D eigenvalue weighted by atomic mass is 32.1. The zero-order valence-corrected chi connectivity index (χ0v) is 18.8. The molecule has 4 amide bonds. The fraction of sp³-hybridized carbons (Fsp3) is 0.364. The third kappa shape index (κ3) is 5.29. The van der Waals surface area contributed by atoms with Crippen LogP contribution in [-0.4, -0.2) is 61.8 Å². The van der Waals surface area contributed by atoms with Crippen molar-refractivity contribution >= 4 is 40.7 Å². The summed E-state index contributed by atoms with van der Waals surface area (Å²) in [5.41, 5.74) is 1.81. The molecule has 3 rings (SSSR count). The molecule has 9 heteroatoms. The molecule has 1 saturated heterocycles. The lowest BCUT2D eigenvalue weighted by Crippen LogP contribution is -2.37. The van der Waals surface area contributed by atoms with Gasteiger partial charge in [0.2, 0.25) is 11.8 Å². The fourth-order valence-electron chi connectivity index (χ4n) is 3.35. The Bertz CT molecular complexity index is 1030. The van der Waals surface area contributed by atoms with Gasteiger partial charge in [-0.2, -0.15) is 0 Å². The minimum atomic E-state index is -0.344. The topological polar surface area (TPSA) is 98.8 Å². The maximum atomic E-state index is 12.5. The maximum Gasteiger partial charge on any atom is 0.261 e. The number of likely N-dealkylation sites (N-methyl/N-ethyl adjacent to an activating group) is 1. The van der Waals surface area contributed by atoms with Crippen LogP contribution in [0.3, 0.4) is 0 Å². The number of nitrogens with one attached hydrogen (secondary N) is 2. The average Bonchev–Trinajstić information content (AvgIpc) is 3.31. The van der Waals surface area contributed by atoms with Crippen molar-refractivity contribution in [3.05, 3.63) is 51.2 Å². The largest absolute Gasteiger partial charge is 0.347 e. The highest BCUT2D eigenvalue weighted by molar-refractivity contribution is 7.13. The smallest absolute Gasteiger partial charge is 0.261 e. The van der Waals surface area contributed by atoms with E-state index < -0.39 is 0 Å². The first-order chi connectivity index (χ1) is 14.7. The standard InChI is InChI=1S/C22H26N4O4S/c1-13-9-16(6-7-17(13)21(29)23-11-20(28)25(3)4)26-12-15(10-19(26)27)24-22(30)18-8-5-14(2)31-18/h5-9,15H,10-12H2,1-4H3,(H,23,29)(H,24,30). The van der Waals surface area contributed by atoms with Crippen LogP contribution in [0.4, 0.5) is 5.69 Å². The van der Waals surface area contributed by atoms with E-state index in [0.29, 0.717) is 28.2 Å². The molecule has 1 aliphatic heterocycles. The van der Waals surface area contributed by atoms with Crippen molar-refractivity contribution in [1.82, 2.24) is 15.5 Å². The third-order valence-electron chi connectivity index (χ3n) is 5.09. The van der Waals surface area contributed by atoms with E-state index in [4.69, 9.17) is 0 Å². The molecule has 1 aromatic carbocycles. The van der Waals surface area contributed by atoms with E-state index in [1.54, 1.807) is 50.2 Å². The Morgan fingerprint density at radius 1 is 1.13 bits per heavy atom. The first-order valence-electron chi connectivity index (χ1n) is 9.92. The Morgan fingerprint density at radius 3 is 2.48 bits per heavy atom. The van der Waals surface area contributed by atoms with Gasteiger partial charge in [-0.3, -0.25) is 19.2 Å². The van der Waals surface area contributed by atoms with Crippen LogP contribution in [0, 0.1) is 13.8 Å². The molecule has 2 N–H and O–H groups in total. The molecule has 1 aliphatic rings. The molecule has 0 saturated carbocycles. The van der Waals surface area contributed by atoms with Crippen molar-refractivity contribution < 1.29 is 19.2 Å². The minimum Gasteiger partial charge on any atom is -0.347 e. The number of aryl methyl sites for hydroxylation is 2. The zero-order valence-electron chi connectivity index (χ0n) is 18.0. The molecule has 0 bridgehead atoms. The summed E-state index contributed by atoms with van der Waals surface area (Å²) >= 11 is 1.42. The van der Waals surface area contributed by atoms with Crippen LogP contribution in [0.1, 0.15) is 36.9 Å². The van der Waals surface area contributed by atoms with Crippen molar-refractivity contribution in [2.24, 2.45) is 0 Å². The number of benzene rings is 1. The molecule has 0 radical (unpaired) electrons. The number of carbonyl (C=O) groups excluding carboxylic acids is 4. The number of amides is 4. The molecule has 2 heterocycles. The second-order valence-corrected chi connectivity index (χ2v) is 9.05. The van der Waals surface area contributed by atoms with Gasteiger partial charge in [0.15, 0.2) is 0 Å². The number of rotatable bonds is 6. The Morgan fingerprint density at radius 2 is 1.87 bits per heavy atom. The van der Waals surface area contributed by atoms with Gasteiger partial charge in [-0.15, -0.1) is 11.3 Å². The predicted octanol–water partition coefficient (Wildman–Crippen LogP) is 1.72. The molecule has 31 heavy (non-hydrogen) atoms. The zero-order chi connectivity index (χ0) is 22.7. The van der Waals surface area contributed by atoms with Gasteiger partial charge in [-0.05, 0) is 49.7 Å². The highest BCUT2D eigenvalue weighted by Gasteiger charge is 2.32. The number of nitrogens with zero attached hydrogens (tertiary/aromatic N) is 2. The monoisotopic (exact) mass is 442 g/mol. The number of thiophene rings is 1. The molecule has 1 fully saturated rings. The molecule has 0 spiro atoms. The van der Waals surface area contributed by atoms with Crippen LogP contribution < -0.4 is 15.5 Å². The first kappa shape index (κ1) is 22.5. The summed E-state index contributed by atoms with van der Waals surface area (Å²) in [6.45, 7) is 4.01. The SMILES string of the molecule is Cc1ccc(C(=O)NC2CC(=O)N(c3ccc(C(=O)NCC(=O)N(C)C)c(C)c3)C2)s1. The van der Waals surface area contributed by atoms with Gasteiger partial charge in [0.05, 0.1) is 17.5 Å². The number of hydrogen-bond donors (Lipinski definition) is 2. The molecular weight excluding hydrogens is 416 g/mol. The summed E-state index contributed by atoms with van der Waals surface area (Å²) in [5.74, 6) is -0.798. The van der Waals surface area contributed by atoms with Gasteiger partial charge in [0.1, 0.15) is 0 Å². The van der Waals surface area contributed by atoms with Gasteiger partial charge in [0, 0.05) is 43.2 Å². The van der Waals surface area contributed by atoms with Crippen molar-refractivity contribution in [3.63, 3.8) is 0 Å². The normalized spacial score (nSPS) is 15.7. The van der Waals surface area contributed by atoms with Crippen LogP contribution in [0.5, 0.6) is 0 Å². The number of anilines is 1. The van der Waals surface area contributed by atoms with Crippen LogP contribution in [0.15, 0.2) is 30.3 Å². The Balaban J connectivity index is 1.64. The Labute approximate surface area is 185 Å². The summed E-state index contributed by atoms with van der Waals surface area (Å²) in [4.78, 5) is 53.7. The van der Waals surface area contributed by atoms with Gasteiger partial charge >= 0.3 is 0 Å². The lowest BCUT2D eigenvalue weighted by atomic mass is 10.1. The molecule has 1 aromatic heterocycles. The van der Waals surface area contributed by atoms with Crippen LogP contribution >= 0.6 is 11.3 Å².